The monoisotopic (exact) mass is 211 g/mol. The van der Waals surface area contributed by atoms with Crippen molar-refractivity contribution in [3.8, 4) is 0 Å². The van der Waals surface area contributed by atoms with E-state index in [1.54, 1.807) is 0 Å². The van der Waals surface area contributed by atoms with Gasteiger partial charge in [0.05, 0.1) is 6.10 Å². The molecule has 1 nitrogen and oxygen atoms in total. The van der Waals surface area contributed by atoms with E-state index in [-0.39, 0.29) is 6.10 Å². The molecule has 0 spiro atoms. The number of hydrogen-bond donors (Lipinski definition) is 0. The summed E-state index contributed by atoms with van der Waals surface area (Å²) >= 11 is 0. The lowest BCUT2D eigenvalue weighted by Crippen LogP contribution is -2.03. The Balaban J connectivity index is 2.34. The molecule has 0 saturated carbocycles. The van der Waals surface area contributed by atoms with E-state index < -0.39 is 0 Å². The quantitative estimate of drug-likeness (QED) is 0.709. The molecule has 0 fully saturated rings. The molecule has 2 aromatic rings. The summed E-state index contributed by atoms with van der Waals surface area (Å²) in [6.45, 7) is 0. The smallest absolute Gasteiger partial charge is 0.247 e. The highest BCUT2D eigenvalue weighted by molar-refractivity contribution is 5.98. The number of rotatable bonds is 3. The van der Waals surface area contributed by atoms with Crippen LogP contribution >= 0.6 is 0 Å². The highest BCUT2D eigenvalue weighted by atomic mass is 28.2. The van der Waals surface area contributed by atoms with Gasteiger partial charge < -0.3 is 4.43 Å². The lowest BCUT2D eigenvalue weighted by atomic mass is 10.0. The summed E-state index contributed by atoms with van der Waals surface area (Å²) in [6, 6.07) is 20.3. The van der Waals surface area contributed by atoms with Crippen LogP contribution in [0.5, 0.6) is 0 Å². The van der Waals surface area contributed by atoms with E-state index in [0.29, 0.717) is 0 Å². The molecular formula is C13H11OSi. The van der Waals surface area contributed by atoms with Crippen LogP contribution in [0, 0.1) is 0 Å². The van der Waals surface area contributed by atoms with Gasteiger partial charge in [0.2, 0.25) is 10.5 Å². The third-order valence-electron chi connectivity index (χ3n) is 2.32. The van der Waals surface area contributed by atoms with Gasteiger partial charge in [-0.25, -0.2) is 0 Å². The highest BCUT2D eigenvalue weighted by Gasteiger charge is 2.10. The molecule has 73 valence electrons. The first kappa shape index (κ1) is 10.1. The van der Waals surface area contributed by atoms with E-state index in [1.807, 2.05) is 36.4 Å². The highest BCUT2D eigenvalue weighted by Crippen LogP contribution is 2.24. The fourth-order valence-electron chi connectivity index (χ4n) is 1.58. The predicted octanol–water partition coefficient (Wildman–Crippen LogP) is 2.88. The standard InChI is InChI=1S/C13H11OSi/c15-14-13(11-7-3-1-4-8-11)12-9-5-2-6-10-12/h1-10,13H. The third kappa shape index (κ3) is 2.35. The first-order valence-corrected chi connectivity index (χ1v) is 5.25. The third-order valence-corrected chi connectivity index (χ3v) is 2.56. The molecule has 15 heavy (non-hydrogen) atoms. The van der Waals surface area contributed by atoms with Crippen LogP contribution in [0.2, 0.25) is 0 Å². The SMILES string of the molecule is [Si]OC(c1ccccc1)c1ccccc1. The molecule has 0 bridgehead atoms. The van der Waals surface area contributed by atoms with Crippen molar-refractivity contribution in [3.05, 3.63) is 71.8 Å². The zero-order chi connectivity index (χ0) is 10.5. The first-order chi connectivity index (χ1) is 7.42. The van der Waals surface area contributed by atoms with Gasteiger partial charge >= 0.3 is 0 Å². The average molecular weight is 211 g/mol. The van der Waals surface area contributed by atoms with Crippen LogP contribution in [0.25, 0.3) is 0 Å². The summed E-state index contributed by atoms with van der Waals surface area (Å²) in [4.78, 5) is 0. The fourth-order valence-corrected chi connectivity index (χ4v) is 1.86. The molecule has 0 heterocycles. The van der Waals surface area contributed by atoms with Gasteiger partial charge in [-0.05, 0) is 11.1 Å². The molecule has 2 aromatic carbocycles. The van der Waals surface area contributed by atoms with Gasteiger partial charge in [0.1, 0.15) is 0 Å². The van der Waals surface area contributed by atoms with Crippen LogP contribution in [-0.2, 0) is 4.43 Å². The summed E-state index contributed by atoms with van der Waals surface area (Å²) in [6.07, 6.45) is -0.0518. The van der Waals surface area contributed by atoms with Crippen molar-refractivity contribution in [2.75, 3.05) is 0 Å². The zero-order valence-electron chi connectivity index (χ0n) is 8.26. The van der Waals surface area contributed by atoms with E-state index in [4.69, 9.17) is 4.43 Å². The Morgan fingerprint density at radius 3 is 1.47 bits per heavy atom. The Bertz CT molecular complexity index is 360. The molecule has 0 unspecified atom stereocenters. The van der Waals surface area contributed by atoms with Crippen LogP contribution in [0.3, 0.4) is 0 Å². The minimum absolute atomic E-state index is 0.0518. The molecule has 0 atom stereocenters. The largest absolute Gasteiger partial charge is 0.408 e. The first-order valence-electron chi connectivity index (χ1n) is 4.84. The van der Waals surface area contributed by atoms with E-state index in [0.717, 1.165) is 11.1 Å². The lowest BCUT2D eigenvalue weighted by molar-refractivity contribution is 0.273. The van der Waals surface area contributed by atoms with Crippen molar-refractivity contribution < 1.29 is 4.43 Å². The van der Waals surface area contributed by atoms with Crippen LogP contribution in [0.1, 0.15) is 17.2 Å². The Morgan fingerprint density at radius 1 is 0.733 bits per heavy atom. The van der Waals surface area contributed by atoms with Crippen molar-refractivity contribution in [2.45, 2.75) is 6.10 Å². The summed E-state index contributed by atoms with van der Waals surface area (Å²) in [5, 5.41) is 0. The molecular weight excluding hydrogens is 200 g/mol. The molecule has 3 radical (unpaired) electrons. The minimum Gasteiger partial charge on any atom is -0.408 e. The Kier molecular flexibility index (Phi) is 3.32. The van der Waals surface area contributed by atoms with Crippen LogP contribution < -0.4 is 0 Å². The van der Waals surface area contributed by atoms with Crippen molar-refractivity contribution in [3.63, 3.8) is 0 Å². The van der Waals surface area contributed by atoms with E-state index in [9.17, 15) is 0 Å². The molecule has 0 saturated heterocycles. The Hall–Kier alpha value is -1.38. The maximum absolute atomic E-state index is 5.33. The summed E-state index contributed by atoms with van der Waals surface area (Å²) in [5.74, 6) is 0. The topological polar surface area (TPSA) is 9.23 Å². The lowest BCUT2D eigenvalue weighted by Gasteiger charge is -2.16. The maximum Gasteiger partial charge on any atom is 0.247 e. The van der Waals surface area contributed by atoms with Crippen molar-refractivity contribution in [2.24, 2.45) is 0 Å². The van der Waals surface area contributed by atoms with Gasteiger partial charge in [-0.3, -0.25) is 0 Å². The molecule has 0 amide bonds. The fraction of sp³-hybridized carbons (Fsp3) is 0.0769. The van der Waals surface area contributed by atoms with E-state index in [1.165, 1.54) is 0 Å². The van der Waals surface area contributed by atoms with Crippen molar-refractivity contribution >= 4 is 10.5 Å². The van der Waals surface area contributed by atoms with Crippen LogP contribution in [-0.4, -0.2) is 10.5 Å². The summed E-state index contributed by atoms with van der Waals surface area (Å²) in [7, 11) is 3.14. The van der Waals surface area contributed by atoms with Crippen LogP contribution in [0.4, 0.5) is 0 Å². The van der Waals surface area contributed by atoms with E-state index >= 15 is 0 Å². The molecule has 0 aliphatic rings. The second-order valence-corrected chi connectivity index (χ2v) is 3.55. The van der Waals surface area contributed by atoms with Crippen LogP contribution in [0.15, 0.2) is 60.7 Å². The predicted molar refractivity (Wildman–Crippen MR) is 61.6 cm³/mol. The second-order valence-electron chi connectivity index (χ2n) is 3.32. The number of hydrogen-bond acceptors (Lipinski definition) is 1. The minimum atomic E-state index is -0.0518. The van der Waals surface area contributed by atoms with Gasteiger partial charge in [0.25, 0.3) is 0 Å². The molecule has 0 aliphatic carbocycles. The average Bonchev–Trinajstić information content (AvgIpc) is 2.33. The van der Waals surface area contributed by atoms with E-state index in [2.05, 4.69) is 34.8 Å². The normalized spacial score (nSPS) is 10.5. The van der Waals surface area contributed by atoms with Gasteiger partial charge in [-0.1, -0.05) is 60.7 Å². The molecule has 0 aliphatic heterocycles. The second kappa shape index (κ2) is 4.91. The summed E-state index contributed by atoms with van der Waals surface area (Å²) < 4.78 is 5.33. The molecule has 2 heteroatoms. The molecule has 2 rings (SSSR count). The van der Waals surface area contributed by atoms with Gasteiger partial charge in [-0.2, -0.15) is 0 Å². The summed E-state index contributed by atoms with van der Waals surface area (Å²) in [5.41, 5.74) is 2.28. The zero-order valence-corrected chi connectivity index (χ0v) is 9.26. The Morgan fingerprint density at radius 2 is 1.13 bits per heavy atom. The molecule has 0 N–H and O–H groups in total. The van der Waals surface area contributed by atoms with Gasteiger partial charge in [0.15, 0.2) is 0 Å². The van der Waals surface area contributed by atoms with Crippen molar-refractivity contribution in [1.29, 1.82) is 0 Å². The van der Waals surface area contributed by atoms with Gasteiger partial charge in [-0.15, -0.1) is 0 Å². The molecule has 0 aromatic heterocycles. The van der Waals surface area contributed by atoms with Crippen molar-refractivity contribution in [1.82, 2.24) is 0 Å². The Labute approximate surface area is 93.3 Å². The van der Waals surface area contributed by atoms with Gasteiger partial charge in [0, 0.05) is 0 Å². The maximum atomic E-state index is 5.33. The number of benzene rings is 2.